The summed E-state index contributed by atoms with van der Waals surface area (Å²) in [6.07, 6.45) is 7.17. The summed E-state index contributed by atoms with van der Waals surface area (Å²) in [6.45, 7) is 20.7. The van der Waals surface area contributed by atoms with Crippen LogP contribution >= 0.6 is 0 Å². The summed E-state index contributed by atoms with van der Waals surface area (Å²) >= 11 is 0. The highest BCUT2D eigenvalue weighted by atomic mass is 16.6. The van der Waals surface area contributed by atoms with E-state index in [2.05, 4.69) is 31.9 Å². The van der Waals surface area contributed by atoms with E-state index in [0.717, 1.165) is 38.5 Å². The molecule has 2 aromatic carbocycles. The first kappa shape index (κ1) is 70.4. The number of hydrogen-bond donors (Lipinski definition) is 9. The van der Waals surface area contributed by atoms with E-state index in [0.29, 0.717) is 45.8 Å². The maximum Gasteiger partial charge on any atom is 0.418 e. The van der Waals surface area contributed by atoms with Gasteiger partial charge in [0, 0.05) is 60.2 Å². The van der Waals surface area contributed by atoms with Crippen LogP contribution in [0.5, 0.6) is 0 Å². The second kappa shape index (κ2) is 31.1. The van der Waals surface area contributed by atoms with Crippen LogP contribution in [-0.4, -0.2) is 162 Å². The molecule has 11 atom stereocenters. The van der Waals surface area contributed by atoms with Gasteiger partial charge in [-0.1, -0.05) is 90.8 Å². The SMILES string of the molecule is COC(=O)n1cc(C[C@@H](NC(=O)[C@H](CC(C)(C)C)NC(=O)N2[C@H](C)CCC[C@@H]2C)C(=O)N[C@H](CCCCCOC(O)n2cc(C[C@@H](NC(=O)[C@H](CC(C)(C)C)NC(=O)N3[C@H](C)CCC[C@@H]3C)C(=O)N[C@H](C)C(=O)O)c3ccccc32)C(=O)O)c2ccccc21. The molecule has 89 heavy (non-hydrogen) atoms. The second-order valence-electron chi connectivity index (χ2n) is 26.7. The Hall–Kier alpha value is -7.73. The number of nitrogens with zero attached hydrogens (tertiary/aromatic N) is 4. The number of aromatic nitrogens is 2. The third-order valence-electron chi connectivity index (χ3n) is 16.8. The Labute approximate surface area is 521 Å². The number of amides is 8. The first-order valence-electron chi connectivity index (χ1n) is 31.3. The number of carboxylic acid groups (broad SMARTS) is 2. The van der Waals surface area contributed by atoms with Crippen LogP contribution in [0.2, 0.25) is 0 Å². The van der Waals surface area contributed by atoms with Crippen molar-refractivity contribution in [3.8, 4) is 0 Å². The minimum Gasteiger partial charge on any atom is -0.480 e. The monoisotopic (exact) mass is 1240 g/mol. The van der Waals surface area contributed by atoms with E-state index in [9.17, 15) is 58.5 Å². The molecule has 2 fully saturated rings. The summed E-state index contributed by atoms with van der Waals surface area (Å²) in [6, 6.07) is 5.38. The molecule has 2 aliphatic heterocycles. The van der Waals surface area contributed by atoms with E-state index >= 15 is 0 Å². The number of aliphatic hydroxyl groups is 1. The molecule has 0 saturated carbocycles. The number of benzene rings is 2. The Bertz CT molecular complexity index is 3130. The van der Waals surface area contributed by atoms with E-state index in [4.69, 9.17) is 9.47 Å². The molecule has 24 nitrogen and oxygen atoms in total. The molecule has 0 spiro atoms. The van der Waals surface area contributed by atoms with Crippen LogP contribution in [0.1, 0.15) is 171 Å². The number of nitrogens with one attached hydrogen (secondary N) is 6. The molecular weight excluding hydrogens is 1140 g/mol. The lowest BCUT2D eigenvalue weighted by atomic mass is 9.87. The predicted molar refractivity (Wildman–Crippen MR) is 335 cm³/mol. The Morgan fingerprint density at radius 1 is 0.551 bits per heavy atom. The third-order valence-corrected chi connectivity index (χ3v) is 16.8. The van der Waals surface area contributed by atoms with Crippen molar-refractivity contribution in [2.75, 3.05) is 13.7 Å². The molecule has 8 amide bonds. The zero-order valence-electron chi connectivity index (χ0n) is 53.9. The second-order valence-corrected chi connectivity index (χ2v) is 26.7. The Morgan fingerprint density at radius 2 is 0.978 bits per heavy atom. The van der Waals surface area contributed by atoms with Gasteiger partial charge in [-0.15, -0.1) is 0 Å². The number of unbranched alkanes of at least 4 members (excludes halogenated alkanes) is 2. The van der Waals surface area contributed by atoms with Crippen molar-refractivity contribution < 1.29 is 67.9 Å². The van der Waals surface area contributed by atoms with E-state index in [1.807, 2.05) is 69.2 Å². The lowest BCUT2D eigenvalue weighted by Gasteiger charge is -2.40. The van der Waals surface area contributed by atoms with Gasteiger partial charge in [0.2, 0.25) is 30.0 Å². The predicted octanol–water partition coefficient (Wildman–Crippen LogP) is 7.70. The summed E-state index contributed by atoms with van der Waals surface area (Å²) in [5, 5.41) is 49.6. The number of aliphatic carboxylic acids is 2. The summed E-state index contributed by atoms with van der Waals surface area (Å²) in [5.74, 6) is -5.48. The van der Waals surface area contributed by atoms with Gasteiger partial charge in [0.15, 0.2) is 0 Å². The van der Waals surface area contributed by atoms with Gasteiger partial charge in [-0.05, 0) is 133 Å². The van der Waals surface area contributed by atoms with Crippen molar-refractivity contribution >= 4 is 75.5 Å². The maximum atomic E-state index is 14.5. The Morgan fingerprint density at radius 3 is 1.44 bits per heavy atom. The van der Waals surface area contributed by atoms with Gasteiger partial charge in [0.05, 0.1) is 24.8 Å². The molecular formula is C65H96N10O14. The maximum absolute atomic E-state index is 14.5. The highest BCUT2D eigenvalue weighted by Gasteiger charge is 2.38. The van der Waals surface area contributed by atoms with Gasteiger partial charge in [0.25, 0.3) is 0 Å². The average Bonchev–Trinajstić information content (AvgIpc) is 2.38. The van der Waals surface area contributed by atoms with Crippen LogP contribution in [0.3, 0.4) is 0 Å². The summed E-state index contributed by atoms with van der Waals surface area (Å²) in [4.78, 5) is 126. The van der Waals surface area contributed by atoms with Crippen molar-refractivity contribution in [1.29, 1.82) is 0 Å². The molecule has 1 unspecified atom stereocenters. The first-order chi connectivity index (χ1) is 41.9. The summed E-state index contributed by atoms with van der Waals surface area (Å²) < 4.78 is 13.7. The Kier molecular flexibility index (Phi) is 24.6. The molecule has 0 bridgehead atoms. The fourth-order valence-electron chi connectivity index (χ4n) is 12.2. The number of carboxylic acids is 2. The minimum absolute atomic E-state index is 0.00623. The number of hydrogen-bond acceptors (Lipinski definition) is 12. The molecule has 9 N–H and O–H groups in total. The van der Waals surface area contributed by atoms with E-state index < -0.39 is 107 Å². The van der Waals surface area contributed by atoms with Gasteiger partial charge in [-0.3, -0.25) is 33.1 Å². The van der Waals surface area contributed by atoms with Crippen LogP contribution in [0.4, 0.5) is 14.4 Å². The number of rotatable bonds is 26. The van der Waals surface area contributed by atoms with Crippen molar-refractivity contribution in [3.63, 3.8) is 0 Å². The fourth-order valence-corrected chi connectivity index (χ4v) is 12.2. The molecule has 0 aliphatic carbocycles. The molecule has 2 aliphatic rings. The van der Waals surface area contributed by atoms with Gasteiger partial charge in [0.1, 0.15) is 36.3 Å². The van der Waals surface area contributed by atoms with Crippen molar-refractivity contribution in [2.24, 2.45) is 10.8 Å². The number of urea groups is 2. The van der Waals surface area contributed by atoms with Gasteiger partial charge < -0.3 is 66.5 Å². The smallest absolute Gasteiger partial charge is 0.418 e. The quantitative estimate of drug-likeness (QED) is 0.0215. The number of carbonyl (C=O) groups excluding carboxylic acids is 7. The molecule has 6 rings (SSSR count). The highest BCUT2D eigenvalue weighted by Crippen LogP contribution is 2.30. The van der Waals surface area contributed by atoms with E-state index in [1.54, 1.807) is 64.5 Å². The van der Waals surface area contributed by atoms with Gasteiger partial charge >= 0.3 is 30.1 Å². The molecule has 4 aromatic rings. The third kappa shape index (κ3) is 19.4. The van der Waals surface area contributed by atoms with Crippen LogP contribution in [0.25, 0.3) is 21.8 Å². The molecule has 24 heteroatoms. The summed E-state index contributed by atoms with van der Waals surface area (Å²) in [5.41, 5.74) is 1.09. The van der Waals surface area contributed by atoms with Gasteiger partial charge in [-0.2, -0.15) is 0 Å². The number of carbonyl (C=O) groups is 9. The van der Waals surface area contributed by atoms with E-state index in [-0.39, 0.29) is 69.3 Å². The van der Waals surface area contributed by atoms with Crippen molar-refractivity contribution in [1.82, 2.24) is 50.8 Å². The number of likely N-dealkylation sites (tertiary alicyclic amines) is 2. The largest absolute Gasteiger partial charge is 0.480 e. The standard InChI is InChI=1S/C65H96N10O14/c1-38-22-20-23-39(2)74(38)60(84)70-50(34-64(6,7)8)56(78)68-48(54(76)66-42(5)58(80)81)32-44-37-73(53-30-18-16-27-46(44)53)63(87)89-31-19-13-14-28-47(59(82)83)67-55(77)49(33-43-36-72(62(86)88-12)52-29-17-15-26-45(43)52)69-57(79)51(35-65(9,10)11)71-61(85)75-40(3)24-21-25-41(75)4/h15-18,26-27,29-30,36-42,47-51,63,87H,13-14,19-25,28,31-35H2,1-12H3,(H,66,76)(H,67,77)(H,68,78)(H,69,79)(H,70,84)(H,71,85)(H,80,81)(H,82,83)/t38-,39+,40-,41+,42-,47-,48-,49-,50+,51+,63?/m1/s1. The topological polar surface area (TPSA) is 321 Å². The number of para-hydroxylation sites is 2. The zero-order chi connectivity index (χ0) is 65.7. The summed E-state index contributed by atoms with van der Waals surface area (Å²) in [7, 11) is 1.24. The molecule has 4 heterocycles. The van der Waals surface area contributed by atoms with Crippen molar-refractivity contribution in [2.45, 2.75) is 233 Å². The molecule has 2 saturated heterocycles. The van der Waals surface area contributed by atoms with Crippen LogP contribution in [0.15, 0.2) is 60.9 Å². The van der Waals surface area contributed by atoms with Gasteiger partial charge in [-0.25, -0.2) is 19.2 Å². The fraction of sp³-hybridized carbons (Fsp3) is 0.615. The molecule has 490 valence electrons. The first-order valence-corrected chi connectivity index (χ1v) is 31.3. The number of piperidine rings is 2. The van der Waals surface area contributed by atoms with Crippen LogP contribution in [0, 0.1) is 10.8 Å². The average molecular weight is 1240 g/mol. The zero-order valence-corrected chi connectivity index (χ0v) is 53.9. The molecule has 0 radical (unpaired) electrons. The number of fused-ring (bicyclic) bond motifs is 2. The molecule has 2 aromatic heterocycles. The number of ether oxygens (including phenoxy) is 2. The van der Waals surface area contributed by atoms with E-state index in [1.165, 1.54) is 29.4 Å². The minimum atomic E-state index is -1.55. The number of aliphatic hydroxyl groups excluding tert-OH is 1. The lowest BCUT2D eigenvalue weighted by molar-refractivity contribution is -0.151. The van der Waals surface area contributed by atoms with Crippen molar-refractivity contribution in [3.05, 3.63) is 72.1 Å². The normalized spacial score (nSPS) is 19.6. The van der Waals surface area contributed by atoms with Crippen LogP contribution < -0.4 is 31.9 Å². The highest BCUT2D eigenvalue weighted by molar-refractivity contribution is 5.97. The van der Waals surface area contributed by atoms with Crippen LogP contribution in [-0.2, 0) is 51.1 Å². The number of methoxy groups -OCH3 is 1. The Balaban J connectivity index is 1.14. The lowest BCUT2D eigenvalue weighted by Crippen LogP contribution is -2.60.